The summed E-state index contributed by atoms with van der Waals surface area (Å²) in [5.74, 6) is 0. The molecule has 18 heavy (non-hydrogen) atoms. The van der Waals surface area contributed by atoms with Crippen LogP contribution in [-0.2, 0) is 13.0 Å². The summed E-state index contributed by atoms with van der Waals surface area (Å²) in [7, 11) is 0. The van der Waals surface area contributed by atoms with Gasteiger partial charge < -0.3 is 9.73 Å². The molecule has 0 saturated heterocycles. The molecule has 0 aliphatic carbocycles. The van der Waals surface area contributed by atoms with Crippen molar-refractivity contribution in [1.29, 1.82) is 0 Å². The fourth-order valence-electron chi connectivity index (χ4n) is 2.01. The van der Waals surface area contributed by atoms with Crippen LogP contribution >= 0.6 is 15.9 Å². The highest BCUT2D eigenvalue weighted by molar-refractivity contribution is 9.10. The molecule has 0 bridgehead atoms. The van der Waals surface area contributed by atoms with Gasteiger partial charge in [0.1, 0.15) is 0 Å². The van der Waals surface area contributed by atoms with Crippen LogP contribution in [0.15, 0.2) is 33.8 Å². The van der Waals surface area contributed by atoms with Crippen LogP contribution in [0.3, 0.4) is 0 Å². The van der Waals surface area contributed by atoms with Crippen molar-refractivity contribution in [2.75, 3.05) is 6.54 Å². The molecule has 2 rings (SSSR count). The van der Waals surface area contributed by atoms with Crippen molar-refractivity contribution in [3.05, 3.63) is 40.5 Å². The summed E-state index contributed by atoms with van der Waals surface area (Å²) in [6.07, 6.45) is 6.64. The number of aryl methyl sites for hydroxylation is 1. The van der Waals surface area contributed by atoms with Gasteiger partial charge in [0, 0.05) is 24.3 Å². The van der Waals surface area contributed by atoms with E-state index in [0.29, 0.717) is 0 Å². The molecule has 0 amide bonds. The zero-order chi connectivity index (χ0) is 13.0. The molecule has 0 spiro atoms. The second-order valence-electron chi connectivity index (χ2n) is 4.17. The Labute approximate surface area is 115 Å². The third-order valence-electron chi connectivity index (χ3n) is 2.92. The third kappa shape index (κ3) is 3.03. The summed E-state index contributed by atoms with van der Waals surface area (Å²) in [6, 6.07) is 2.25. The summed E-state index contributed by atoms with van der Waals surface area (Å²) in [4.78, 5) is 0. The van der Waals surface area contributed by atoms with Gasteiger partial charge in [0.05, 0.1) is 12.5 Å². The third-order valence-corrected chi connectivity index (χ3v) is 3.57. The van der Waals surface area contributed by atoms with Crippen molar-refractivity contribution in [2.24, 2.45) is 0 Å². The van der Waals surface area contributed by atoms with Crippen LogP contribution in [0.2, 0.25) is 0 Å². The van der Waals surface area contributed by atoms with Crippen LogP contribution in [-0.4, -0.2) is 16.3 Å². The Hall–Kier alpha value is -1.07. The van der Waals surface area contributed by atoms with Crippen LogP contribution in [0.5, 0.6) is 0 Å². The van der Waals surface area contributed by atoms with Gasteiger partial charge in [-0.05, 0) is 47.4 Å². The molecule has 0 fully saturated rings. The zero-order valence-electron chi connectivity index (χ0n) is 10.7. The fraction of sp³-hybridized carbons (Fsp3) is 0.462. The lowest BCUT2D eigenvalue weighted by Gasteiger charge is -2.15. The Morgan fingerprint density at radius 3 is 2.89 bits per heavy atom. The van der Waals surface area contributed by atoms with Crippen molar-refractivity contribution in [1.82, 2.24) is 15.1 Å². The van der Waals surface area contributed by atoms with Crippen LogP contribution in [0.4, 0.5) is 0 Å². The molecule has 0 aliphatic rings. The zero-order valence-corrected chi connectivity index (χ0v) is 12.3. The largest absolute Gasteiger partial charge is 0.457 e. The maximum atomic E-state index is 5.31. The quantitative estimate of drug-likeness (QED) is 0.891. The Kier molecular flexibility index (Phi) is 4.60. The number of hydrogen-bond acceptors (Lipinski definition) is 3. The smallest absolute Gasteiger partial charge is 0.173 e. The van der Waals surface area contributed by atoms with E-state index in [1.54, 1.807) is 6.26 Å². The van der Waals surface area contributed by atoms with Crippen LogP contribution in [0, 0.1) is 0 Å². The van der Waals surface area contributed by atoms with E-state index in [1.165, 1.54) is 5.56 Å². The topological polar surface area (TPSA) is 43.0 Å². The van der Waals surface area contributed by atoms with E-state index < -0.39 is 0 Å². The van der Waals surface area contributed by atoms with E-state index in [-0.39, 0.29) is 6.04 Å². The first-order valence-electron chi connectivity index (χ1n) is 6.22. The first kappa shape index (κ1) is 13.4. The lowest BCUT2D eigenvalue weighted by molar-refractivity contribution is 0.506. The molecular weight excluding hydrogens is 294 g/mol. The van der Waals surface area contributed by atoms with Gasteiger partial charge in [-0.15, -0.1) is 0 Å². The number of nitrogens with zero attached hydrogens (tertiary/aromatic N) is 2. The standard InChI is InChI=1S/C13H18BrN3O/c1-3-15-12(11-5-6-18-13(11)14)7-10-8-16-17(4-2)9-10/h5-6,8-9,12,15H,3-4,7H2,1-2H3. The first-order chi connectivity index (χ1) is 8.74. The molecule has 0 saturated carbocycles. The minimum absolute atomic E-state index is 0.248. The van der Waals surface area contributed by atoms with E-state index in [4.69, 9.17) is 4.42 Å². The summed E-state index contributed by atoms with van der Waals surface area (Å²) in [5.41, 5.74) is 2.39. The van der Waals surface area contributed by atoms with E-state index in [9.17, 15) is 0 Å². The van der Waals surface area contributed by atoms with Gasteiger partial charge in [-0.2, -0.15) is 5.10 Å². The maximum Gasteiger partial charge on any atom is 0.173 e. The highest BCUT2D eigenvalue weighted by Crippen LogP contribution is 2.27. The number of aromatic nitrogens is 2. The average Bonchev–Trinajstić information content (AvgIpc) is 2.97. The van der Waals surface area contributed by atoms with Crippen molar-refractivity contribution in [3.8, 4) is 0 Å². The Balaban J connectivity index is 2.13. The van der Waals surface area contributed by atoms with Crippen LogP contribution < -0.4 is 5.32 Å². The van der Waals surface area contributed by atoms with Gasteiger partial charge in [0.15, 0.2) is 4.67 Å². The number of hydrogen-bond donors (Lipinski definition) is 1. The Morgan fingerprint density at radius 2 is 2.33 bits per heavy atom. The number of likely N-dealkylation sites (N-methyl/N-ethyl adjacent to an activating group) is 1. The average molecular weight is 312 g/mol. The molecule has 2 heterocycles. The van der Waals surface area contributed by atoms with Gasteiger partial charge >= 0.3 is 0 Å². The molecule has 4 nitrogen and oxygen atoms in total. The first-order valence-corrected chi connectivity index (χ1v) is 7.01. The molecule has 1 unspecified atom stereocenters. The minimum Gasteiger partial charge on any atom is -0.457 e. The highest BCUT2D eigenvalue weighted by atomic mass is 79.9. The Morgan fingerprint density at radius 1 is 1.50 bits per heavy atom. The number of rotatable bonds is 6. The van der Waals surface area contributed by atoms with E-state index in [1.807, 2.05) is 16.9 Å². The number of halogens is 1. The normalized spacial score (nSPS) is 12.8. The van der Waals surface area contributed by atoms with E-state index in [2.05, 4.69) is 46.4 Å². The second kappa shape index (κ2) is 6.20. The van der Waals surface area contributed by atoms with Gasteiger partial charge in [-0.25, -0.2) is 0 Å². The SMILES string of the molecule is CCNC(Cc1cnn(CC)c1)c1ccoc1Br. The highest BCUT2D eigenvalue weighted by Gasteiger charge is 2.17. The molecule has 0 aromatic carbocycles. The van der Waals surface area contributed by atoms with Crippen LogP contribution in [0.25, 0.3) is 0 Å². The van der Waals surface area contributed by atoms with Gasteiger partial charge in [0.2, 0.25) is 0 Å². The predicted octanol–water partition coefficient (Wildman–Crippen LogP) is 3.15. The fourth-order valence-corrected chi connectivity index (χ4v) is 2.53. The molecular formula is C13H18BrN3O. The predicted molar refractivity (Wildman–Crippen MR) is 74.4 cm³/mol. The lowest BCUT2D eigenvalue weighted by atomic mass is 10.0. The minimum atomic E-state index is 0.248. The molecule has 5 heteroatoms. The summed E-state index contributed by atoms with van der Waals surface area (Å²) in [6.45, 7) is 6.02. The molecule has 98 valence electrons. The monoisotopic (exact) mass is 311 g/mol. The summed E-state index contributed by atoms with van der Waals surface area (Å²) in [5, 5.41) is 7.78. The second-order valence-corrected chi connectivity index (χ2v) is 4.89. The van der Waals surface area contributed by atoms with Gasteiger partial charge in [-0.1, -0.05) is 6.92 Å². The lowest BCUT2D eigenvalue weighted by Crippen LogP contribution is -2.22. The van der Waals surface area contributed by atoms with Gasteiger partial charge in [0.25, 0.3) is 0 Å². The molecule has 0 aliphatic heterocycles. The summed E-state index contributed by atoms with van der Waals surface area (Å²) < 4.78 is 8.06. The molecule has 2 aromatic heterocycles. The maximum absolute atomic E-state index is 5.31. The van der Waals surface area contributed by atoms with Crippen molar-refractivity contribution >= 4 is 15.9 Å². The van der Waals surface area contributed by atoms with Crippen molar-refractivity contribution in [3.63, 3.8) is 0 Å². The van der Waals surface area contributed by atoms with Crippen LogP contribution in [0.1, 0.15) is 31.0 Å². The van der Waals surface area contributed by atoms with E-state index >= 15 is 0 Å². The van der Waals surface area contributed by atoms with Crippen molar-refractivity contribution < 1.29 is 4.42 Å². The number of furan rings is 1. The van der Waals surface area contributed by atoms with Crippen molar-refractivity contribution in [2.45, 2.75) is 32.9 Å². The molecule has 0 radical (unpaired) electrons. The molecule has 1 atom stereocenters. The summed E-state index contributed by atoms with van der Waals surface area (Å²) >= 11 is 3.44. The molecule has 2 aromatic rings. The molecule has 1 N–H and O–H groups in total. The Bertz CT molecular complexity index is 492. The van der Waals surface area contributed by atoms with E-state index in [0.717, 1.165) is 29.7 Å². The number of nitrogens with one attached hydrogen (secondary N) is 1. The van der Waals surface area contributed by atoms with Gasteiger partial charge in [-0.3, -0.25) is 4.68 Å².